The Labute approximate surface area is 73.5 Å². The van der Waals surface area contributed by atoms with Crippen LogP contribution in [0.25, 0.3) is 0 Å². The monoisotopic (exact) mass is 168 g/mol. The zero-order valence-corrected chi connectivity index (χ0v) is 7.51. The highest BCUT2D eigenvalue weighted by molar-refractivity contribution is 4.97. The van der Waals surface area contributed by atoms with Crippen LogP contribution >= 0.6 is 0 Å². The first-order chi connectivity index (χ1) is 5.86. The number of hydrogen-bond acceptors (Lipinski definition) is 0. The summed E-state index contributed by atoms with van der Waals surface area (Å²) in [7, 11) is 0. The van der Waals surface area contributed by atoms with E-state index < -0.39 is 0 Å². The van der Waals surface area contributed by atoms with Gasteiger partial charge in [0.2, 0.25) is 0 Å². The van der Waals surface area contributed by atoms with Crippen molar-refractivity contribution in [2.75, 3.05) is 6.67 Å². The summed E-state index contributed by atoms with van der Waals surface area (Å²) in [5.41, 5.74) is 0. The van der Waals surface area contributed by atoms with E-state index in [-0.39, 0.29) is 6.67 Å². The number of rotatable bonds is 1. The molecule has 0 heterocycles. The maximum Gasteiger partial charge on any atom is 0.0927 e. The Kier molecular flexibility index (Phi) is 1.51. The third-order valence-corrected chi connectivity index (χ3v) is 4.60. The van der Waals surface area contributed by atoms with Crippen LogP contribution in [0.2, 0.25) is 0 Å². The van der Waals surface area contributed by atoms with Crippen molar-refractivity contribution in [1.82, 2.24) is 0 Å². The fourth-order valence-electron chi connectivity index (χ4n) is 4.29. The van der Waals surface area contributed by atoms with Gasteiger partial charge in [0.05, 0.1) is 6.67 Å². The van der Waals surface area contributed by atoms with E-state index in [0.717, 1.165) is 23.7 Å². The summed E-state index contributed by atoms with van der Waals surface area (Å²) in [6, 6.07) is 0. The van der Waals surface area contributed by atoms with Crippen LogP contribution < -0.4 is 0 Å². The van der Waals surface area contributed by atoms with Crippen molar-refractivity contribution in [2.45, 2.75) is 32.1 Å². The standard InChI is InChI=1S/C11H17F/c12-6-11-9-2-7-1-8(4-9)5-10(11)3-7/h7-11H,1-6H2. The summed E-state index contributed by atoms with van der Waals surface area (Å²) in [5, 5.41) is 0. The summed E-state index contributed by atoms with van der Waals surface area (Å²) in [4.78, 5) is 0. The average molecular weight is 168 g/mol. The lowest BCUT2D eigenvalue weighted by molar-refractivity contribution is -0.0449. The second-order valence-electron chi connectivity index (χ2n) is 5.25. The molecule has 4 bridgehead atoms. The molecule has 4 rings (SSSR count). The number of halogens is 1. The molecule has 0 spiro atoms. The molecule has 1 heteroatoms. The van der Waals surface area contributed by atoms with E-state index >= 15 is 0 Å². The zero-order valence-electron chi connectivity index (χ0n) is 7.51. The first-order valence-electron chi connectivity index (χ1n) is 5.42. The van der Waals surface area contributed by atoms with Crippen molar-refractivity contribution in [2.24, 2.45) is 29.6 Å². The Balaban J connectivity index is 1.86. The lowest BCUT2D eigenvalue weighted by Gasteiger charge is -2.53. The van der Waals surface area contributed by atoms with E-state index in [1.165, 1.54) is 32.1 Å². The molecule has 0 aromatic carbocycles. The van der Waals surface area contributed by atoms with Gasteiger partial charge in [0.25, 0.3) is 0 Å². The highest BCUT2D eigenvalue weighted by atomic mass is 19.1. The molecule has 0 amide bonds. The van der Waals surface area contributed by atoms with Gasteiger partial charge in [-0.3, -0.25) is 4.39 Å². The molecule has 12 heavy (non-hydrogen) atoms. The smallest absolute Gasteiger partial charge is 0.0927 e. The van der Waals surface area contributed by atoms with E-state index in [2.05, 4.69) is 0 Å². The van der Waals surface area contributed by atoms with E-state index in [4.69, 9.17) is 0 Å². The zero-order chi connectivity index (χ0) is 8.13. The van der Waals surface area contributed by atoms with Crippen LogP contribution in [-0.4, -0.2) is 6.67 Å². The van der Waals surface area contributed by atoms with Crippen LogP contribution in [0.3, 0.4) is 0 Å². The number of hydrogen-bond donors (Lipinski definition) is 0. The number of alkyl halides is 1. The molecular weight excluding hydrogens is 151 g/mol. The van der Waals surface area contributed by atoms with Crippen molar-refractivity contribution < 1.29 is 4.39 Å². The summed E-state index contributed by atoms with van der Waals surface area (Å²) in [5.74, 6) is 4.03. The minimum absolute atomic E-state index is 0.0330. The minimum Gasteiger partial charge on any atom is -0.251 e. The van der Waals surface area contributed by atoms with Gasteiger partial charge in [-0.1, -0.05) is 0 Å². The first kappa shape index (κ1) is 7.34. The van der Waals surface area contributed by atoms with Gasteiger partial charge in [0.1, 0.15) is 0 Å². The summed E-state index contributed by atoms with van der Waals surface area (Å²) in [6.45, 7) is -0.0330. The predicted octanol–water partition coefficient (Wildman–Crippen LogP) is 3.03. The Morgan fingerprint density at radius 1 is 0.833 bits per heavy atom. The van der Waals surface area contributed by atoms with E-state index in [1.54, 1.807) is 0 Å². The SMILES string of the molecule is FCC1C2CC3CC(C2)CC1C3. The molecule has 68 valence electrons. The average Bonchev–Trinajstić information content (AvgIpc) is 2.02. The molecule has 0 radical (unpaired) electrons. The highest BCUT2D eigenvalue weighted by Crippen LogP contribution is 2.56. The lowest BCUT2D eigenvalue weighted by atomic mass is 9.52. The Morgan fingerprint density at radius 2 is 1.33 bits per heavy atom. The fraction of sp³-hybridized carbons (Fsp3) is 1.00. The second kappa shape index (κ2) is 2.46. The van der Waals surface area contributed by atoms with Crippen molar-refractivity contribution >= 4 is 0 Å². The van der Waals surface area contributed by atoms with Crippen LogP contribution in [0.4, 0.5) is 4.39 Å². The maximum atomic E-state index is 12.7. The molecular formula is C11H17F. The van der Waals surface area contributed by atoms with Crippen molar-refractivity contribution in [1.29, 1.82) is 0 Å². The topological polar surface area (TPSA) is 0 Å². The summed E-state index contributed by atoms with van der Waals surface area (Å²) >= 11 is 0. The normalized spacial score (nSPS) is 56.2. The van der Waals surface area contributed by atoms with Gasteiger partial charge in [-0.05, 0) is 61.7 Å². The molecule has 4 saturated carbocycles. The van der Waals surface area contributed by atoms with Crippen LogP contribution in [0, 0.1) is 29.6 Å². The molecule has 0 aromatic rings. The van der Waals surface area contributed by atoms with Gasteiger partial charge < -0.3 is 0 Å². The predicted molar refractivity (Wildman–Crippen MR) is 46.5 cm³/mol. The summed E-state index contributed by atoms with van der Waals surface area (Å²) < 4.78 is 12.7. The first-order valence-corrected chi connectivity index (χ1v) is 5.42. The highest BCUT2D eigenvalue weighted by Gasteiger charge is 2.47. The Hall–Kier alpha value is -0.0700. The van der Waals surface area contributed by atoms with E-state index in [0.29, 0.717) is 5.92 Å². The van der Waals surface area contributed by atoms with Gasteiger partial charge in [-0.15, -0.1) is 0 Å². The minimum atomic E-state index is -0.0330. The molecule has 0 unspecified atom stereocenters. The van der Waals surface area contributed by atoms with Gasteiger partial charge in [0, 0.05) is 0 Å². The molecule has 0 atom stereocenters. The van der Waals surface area contributed by atoms with Crippen molar-refractivity contribution in [3.05, 3.63) is 0 Å². The molecule has 0 N–H and O–H groups in total. The van der Waals surface area contributed by atoms with Crippen LogP contribution in [0.1, 0.15) is 32.1 Å². The Morgan fingerprint density at radius 3 is 1.75 bits per heavy atom. The molecule has 0 nitrogen and oxygen atoms in total. The van der Waals surface area contributed by atoms with Crippen LogP contribution in [0.15, 0.2) is 0 Å². The van der Waals surface area contributed by atoms with Gasteiger partial charge in [-0.2, -0.15) is 0 Å². The van der Waals surface area contributed by atoms with Crippen molar-refractivity contribution in [3.8, 4) is 0 Å². The van der Waals surface area contributed by atoms with Gasteiger partial charge in [0.15, 0.2) is 0 Å². The molecule has 4 aliphatic rings. The quantitative estimate of drug-likeness (QED) is 0.564. The van der Waals surface area contributed by atoms with Crippen LogP contribution in [0.5, 0.6) is 0 Å². The van der Waals surface area contributed by atoms with Crippen molar-refractivity contribution in [3.63, 3.8) is 0 Å². The maximum absolute atomic E-state index is 12.7. The summed E-state index contributed by atoms with van der Waals surface area (Å²) in [6.07, 6.45) is 6.93. The third-order valence-electron chi connectivity index (χ3n) is 4.60. The third kappa shape index (κ3) is 0.884. The van der Waals surface area contributed by atoms with Gasteiger partial charge >= 0.3 is 0 Å². The molecule has 4 fully saturated rings. The lowest BCUT2D eigenvalue weighted by Crippen LogP contribution is -2.45. The second-order valence-corrected chi connectivity index (χ2v) is 5.25. The Bertz CT molecular complexity index is 159. The molecule has 0 aliphatic heterocycles. The molecule has 4 aliphatic carbocycles. The molecule has 0 aromatic heterocycles. The molecule has 0 saturated heterocycles. The fourth-order valence-corrected chi connectivity index (χ4v) is 4.29. The van der Waals surface area contributed by atoms with E-state index in [1.807, 2.05) is 0 Å². The van der Waals surface area contributed by atoms with Crippen LogP contribution in [-0.2, 0) is 0 Å². The van der Waals surface area contributed by atoms with Gasteiger partial charge in [-0.25, -0.2) is 0 Å². The largest absolute Gasteiger partial charge is 0.251 e. The van der Waals surface area contributed by atoms with E-state index in [9.17, 15) is 4.39 Å².